The van der Waals surface area contributed by atoms with Gasteiger partial charge in [-0.3, -0.25) is 9.59 Å². The number of aryl methyl sites for hydroxylation is 1. The Balaban J connectivity index is 1.34. The first-order valence-electron chi connectivity index (χ1n) is 9.45. The van der Waals surface area contributed by atoms with Crippen molar-refractivity contribution in [3.63, 3.8) is 0 Å². The molecule has 28 heavy (non-hydrogen) atoms. The van der Waals surface area contributed by atoms with Gasteiger partial charge in [-0.05, 0) is 37.0 Å². The van der Waals surface area contributed by atoms with Gasteiger partial charge in [0.1, 0.15) is 0 Å². The van der Waals surface area contributed by atoms with Crippen LogP contribution < -0.4 is 5.32 Å². The molecule has 0 fully saturated rings. The number of carbonyl (C=O) groups is 2. The Morgan fingerprint density at radius 3 is 2.32 bits per heavy atom. The van der Waals surface area contributed by atoms with Gasteiger partial charge in [-0.15, -0.1) is 10.2 Å². The lowest BCUT2D eigenvalue weighted by Gasteiger charge is -2.03. The average Bonchev–Trinajstić information content (AvgIpc) is 3.22. The van der Waals surface area contributed by atoms with E-state index in [1.54, 1.807) is 0 Å². The molecule has 1 aromatic heterocycles. The molecular formula is C22H23N3O3. The Kier molecular flexibility index (Phi) is 7.07. The van der Waals surface area contributed by atoms with E-state index in [0.717, 1.165) is 24.8 Å². The zero-order chi connectivity index (χ0) is 19.6. The lowest BCUT2D eigenvalue weighted by Crippen LogP contribution is -2.30. The summed E-state index contributed by atoms with van der Waals surface area (Å²) < 4.78 is 5.51. The Morgan fingerprint density at radius 2 is 1.57 bits per heavy atom. The van der Waals surface area contributed by atoms with Crippen molar-refractivity contribution < 1.29 is 14.0 Å². The third-order valence-corrected chi connectivity index (χ3v) is 4.35. The van der Waals surface area contributed by atoms with Crippen molar-refractivity contribution >= 4 is 11.7 Å². The van der Waals surface area contributed by atoms with Crippen LogP contribution in [-0.4, -0.2) is 21.9 Å². The summed E-state index contributed by atoms with van der Waals surface area (Å²) in [6.45, 7) is 0.0401. The number of hydrogen-bond donors (Lipinski definition) is 1. The second-order valence-electron chi connectivity index (χ2n) is 6.52. The number of hydrogen-bond acceptors (Lipinski definition) is 5. The zero-order valence-electron chi connectivity index (χ0n) is 15.6. The predicted molar refractivity (Wildman–Crippen MR) is 105 cm³/mol. The molecule has 0 aliphatic carbocycles. The summed E-state index contributed by atoms with van der Waals surface area (Å²) in [5.41, 5.74) is 2.10. The molecule has 144 valence electrons. The van der Waals surface area contributed by atoms with Crippen molar-refractivity contribution in [3.05, 3.63) is 72.1 Å². The smallest absolute Gasteiger partial charge is 0.287 e. The number of amides is 1. The van der Waals surface area contributed by atoms with Gasteiger partial charge in [0, 0.05) is 12.0 Å². The molecule has 6 heteroatoms. The maximum Gasteiger partial charge on any atom is 0.287 e. The Labute approximate surface area is 164 Å². The fourth-order valence-corrected chi connectivity index (χ4v) is 2.83. The second kappa shape index (κ2) is 10.2. The standard InChI is InChI=1S/C22H23N3O3/c26-19(15-9-2-6-12-17-10-4-1-5-11-17)21(27)23-16-20-24-25-22(28-20)18-13-7-3-8-14-18/h1,3-5,7-8,10-11,13-14H,2,6,9,12,15-16H2,(H,23,27). The summed E-state index contributed by atoms with van der Waals surface area (Å²) in [7, 11) is 0. The first kappa shape index (κ1) is 19.5. The molecule has 0 aliphatic rings. The topological polar surface area (TPSA) is 85.1 Å². The fourth-order valence-electron chi connectivity index (χ4n) is 2.83. The van der Waals surface area contributed by atoms with Crippen molar-refractivity contribution in [1.29, 1.82) is 0 Å². The van der Waals surface area contributed by atoms with Gasteiger partial charge in [-0.2, -0.15) is 0 Å². The molecule has 0 saturated heterocycles. The highest BCUT2D eigenvalue weighted by Crippen LogP contribution is 2.16. The molecule has 0 unspecified atom stereocenters. The van der Waals surface area contributed by atoms with E-state index in [1.165, 1.54) is 5.56 Å². The molecule has 3 aromatic rings. The predicted octanol–water partition coefficient (Wildman–Crippen LogP) is 3.73. The number of rotatable bonds is 10. The normalized spacial score (nSPS) is 10.6. The summed E-state index contributed by atoms with van der Waals surface area (Å²) in [4.78, 5) is 23.9. The van der Waals surface area contributed by atoms with Gasteiger partial charge in [0.2, 0.25) is 17.6 Å². The number of aromatic nitrogens is 2. The number of unbranched alkanes of at least 4 members (excludes halogenated alkanes) is 2. The molecule has 1 heterocycles. The van der Waals surface area contributed by atoms with Crippen molar-refractivity contribution in [1.82, 2.24) is 15.5 Å². The van der Waals surface area contributed by atoms with Gasteiger partial charge in [0.05, 0.1) is 6.54 Å². The van der Waals surface area contributed by atoms with Crippen LogP contribution in [0.2, 0.25) is 0 Å². The molecule has 2 aromatic carbocycles. The van der Waals surface area contributed by atoms with E-state index in [9.17, 15) is 9.59 Å². The van der Waals surface area contributed by atoms with Gasteiger partial charge in [-0.1, -0.05) is 55.0 Å². The van der Waals surface area contributed by atoms with E-state index < -0.39 is 11.7 Å². The van der Waals surface area contributed by atoms with E-state index in [2.05, 4.69) is 27.6 Å². The van der Waals surface area contributed by atoms with E-state index >= 15 is 0 Å². The molecule has 0 bridgehead atoms. The van der Waals surface area contributed by atoms with Crippen LogP contribution in [0, 0.1) is 0 Å². The van der Waals surface area contributed by atoms with E-state index in [4.69, 9.17) is 4.42 Å². The Hall–Kier alpha value is -3.28. The Bertz CT molecular complexity index is 892. The van der Waals surface area contributed by atoms with E-state index in [1.807, 2.05) is 48.5 Å². The third kappa shape index (κ3) is 5.87. The fraction of sp³-hybridized carbons (Fsp3) is 0.273. The van der Waals surface area contributed by atoms with Crippen LogP contribution in [0.5, 0.6) is 0 Å². The van der Waals surface area contributed by atoms with Crippen LogP contribution in [0.25, 0.3) is 11.5 Å². The van der Waals surface area contributed by atoms with Crippen molar-refractivity contribution in [2.45, 2.75) is 38.6 Å². The highest BCUT2D eigenvalue weighted by atomic mass is 16.4. The number of ketones is 1. The summed E-state index contributed by atoms with van der Waals surface area (Å²) in [5, 5.41) is 10.4. The van der Waals surface area contributed by atoms with Gasteiger partial charge in [0.15, 0.2) is 0 Å². The molecule has 0 spiro atoms. The van der Waals surface area contributed by atoms with Crippen LogP contribution in [-0.2, 0) is 22.6 Å². The van der Waals surface area contributed by atoms with Crippen molar-refractivity contribution in [2.75, 3.05) is 0 Å². The lowest BCUT2D eigenvalue weighted by atomic mass is 10.1. The van der Waals surface area contributed by atoms with Gasteiger partial charge < -0.3 is 9.73 Å². The number of benzene rings is 2. The minimum Gasteiger partial charge on any atom is -0.419 e. The van der Waals surface area contributed by atoms with E-state index in [-0.39, 0.29) is 18.9 Å². The number of nitrogens with zero attached hydrogens (tertiary/aromatic N) is 2. The van der Waals surface area contributed by atoms with Crippen LogP contribution in [0.4, 0.5) is 0 Å². The number of Topliss-reactive ketones (excluding diaryl/α,β-unsaturated/α-hetero) is 1. The molecule has 6 nitrogen and oxygen atoms in total. The lowest BCUT2D eigenvalue weighted by molar-refractivity contribution is -0.138. The molecule has 0 saturated carbocycles. The molecular weight excluding hydrogens is 354 g/mol. The van der Waals surface area contributed by atoms with Crippen LogP contribution in [0.15, 0.2) is 65.1 Å². The summed E-state index contributed by atoms with van der Waals surface area (Å²) in [6, 6.07) is 19.6. The first-order valence-corrected chi connectivity index (χ1v) is 9.45. The zero-order valence-corrected chi connectivity index (χ0v) is 15.6. The SMILES string of the molecule is O=C(CCCCCc1ccccc1)C(=O)NCc1nnc(-c2ccccc2)o1. The minimum absolute atomic E-state index is 0.0401. The molecule has 0 radical (unpaired) electrons. The number of carbonyl (C=O) groups excluding carboxylic acids is 2. The Morgan fingerprint density at radius 1 is 0.857 bits per heavy atom. The number of nitrogens with one attached hydrogen (secondary N) is 1. The molecule has 0 atom stereocenters. The minimum atomic E-state index is -0.609. The average molecular weight is 377 g/mol. The van der Waals surface area contributed by atoms with Crippen LogP contribution in [0.1, 0.15) is 37.1 Å². The molecule has 1 amide bonds. The van der Waals surface area contributed by atoms with Gasteiger partial charge in [-0.25, -0.2) is 0 Å². The highest BCUT2D eigenvalue weighted by molar-refractivity contribution is 6.36. The van der Waals surface area contributed by atoms with Gasteiger partial charge in [0.25, 0.3) is 5.91 Å². The maximum absolute atomic E-state index is 11.9. The molecule has 0 aliphatic heterocycles. The van der Waals surface area contributed by atoms with Gasteiger partial charge >= 0.3 is 0 Å². The third-order valence-electron chi connectivity index (χ3n) is 4.35. The molecule has 3 rings (SSSR count). The monoisotopic (exact) mass is 377 g/mol. The molecule has 1 N–H and O–H groups in total. The summed E-state index contributed by atoms with van der Waals surface area (Å²) >= 11 is 0. The van der Waals surface area contributed by atoms with Crippen LogP contribution in [0.3, 0.4) is 0 Å². The first-order chi connectivity index (χ1) is 13.7. The van der Waals surface area contributed by atoms with Crippen LogP contribution >= 0.6 is 0 Å². The van der Waals surface area contributed by atoms with Crippen molar-refractivity contribution in [3.8, 4) is 11.5 Å². The second-order valence-corrected chi connectivity index (χ2v) is 6.52. The largest absolute Gasteiger partial charge is 0.419 e. The maximum atomic E-state index is 11.9. The summed E-state index contributed by atoms with van der Waals surface area (Å²) in [5.74, 6) is -0.373. The summed E-state index contributed by atoms with van der Waals surface area (Å²) in [6.07, 6.45) is 3.86. The van der Waals surface area contributed by atoms with E-state index in [0.29, 0.717) is 12.3 Å². The highest BCUT2D eigenvalue weighted by Gasteiger charge is 2.15. The quantitative estimate of drug-likeness (QED) is 0.430. The van der Waals surface area contributed by atoms with Crippen molar-refractivity contribution in [2.24, 2.45) is 0 Å².